The second kappa shape index (κ2) is 5.58. The van der Waals surface area contributed by atoms with Crippen molar-refractivity contribution in [3.63, 3.8) is 0 Å². The summed E-state index contributed by atoms with van der Waals surface area (Å²) >= 11 is 0. The Bertz CT molecular complexity index is 639. The van der Waals surface area contributed by atoms with E-state index in [1.807, 2.05) is 18.2 Å². The van der Waals surface area contributed by atoms with Crippen LogP contribution in [-0.4, -0.2) is 17.3 Å². The van der Waals surface area contributed by atoms with Crippen LogP contribution in [0.1, 0.15) is 29.7 Å². The van der Waals surface area contributed by atoms with Crippen molar-refractivity contribution in [2.45, 2.75) is 31.4 Å². The molecule has 0 bridgehead atoms. The predicted molar refractivity (Wildman–Crippen MR) is 81.6 cm³/mol. The lowest BCUT2D eigenvalue weighted by atomic mass is 9.81. The van der Waals surface area contributed by atoms with E-state index in [1.165, 1.54) is 11.6 Å². The molecule has 0 radical (unpaired) electrons. The molecule has 0 aromatic heterocycles. The Morgan fingerprint density at radius 1 is 1.19 bits per heavy atom. The van der Waals surface area contributed by atoms with Crippen LogP contribution in [0.15, 0.2) is 48.5 Å². The third kappa shape index (κ3) is 2.85. The number of halogens is 1. The molecular weight excluding hydrogens is 265 g/mol. The van der Waals surface area contributed by atoms with Crippen molar-refractivity contribution in [3.05, 3.63) is 71.0 Å². The van der Waals surface area contributed by atoms with E-state index in [-0.39, 0.29) is 18.3 Å². The highest BCUT2D eigenvalue weighted by Gasteiger charge is 2.36. The van der Waals surface area contributed by atoms with Gasteiger partial charge in [0.15, 0.2) is 0 Å². The number of benzene rings is 2. The van der Waals surface area contributed by atoms with Crippen LogP contribution in [0.4, 0.5) is 4.39 Å². The first kappa shape index (κ1) is 14.2. The van der Waals surface area contributed by atoms with Gasteiger partial charge in [0.05, 0.1) is 11.6 Å². The number of hydrogen-bond donors (Lipinski definition) is 2. The number of nitrogens with one attached hydrogen (secondary N) is 1. The molecule has 0 aliphatic carbocycles. The lowest BCUT2D eigenvalue weighted by molar-refractivity contribution is 0.0158. The molecular formula is C18H20FNO. The highest BCUT2D eigenvalue weighted by molar-refractivity contribution is 5.35. The summed E-state index contributed by atoms with van der Waals surface area (Å²) in [5.41, 5.74) is 1.88. The van der Waals surface area contributed by atoms with Crippen molar-refractivity contribution < 1.29 is 9.50 Å². The first-order valence-corrected chi connectivity index (χ1v) is 7.35. The smallest absolute Gasteiger partial charge is 0.126 e. The SMILES string of the molecule is CC(O)(Cc1ccccc1F)C1NCCc2ccccc21. The molecule has 3 heteroatoms. The van der Waals surface area contributed by atoms with Gasteiger partial charge in [0.25, 0.3) is 0 Å². The number of rotatable bonds is 3. The van der Waals surface area contributed by atoms with E-state index in [0.717, 1.165) is 18.5 Å². The monoisotopic (exact) mass is 285 g/mol. The van der Waals surface area contributed by atoms with Gasteiger partial charge >= 0.3 is 0 Å². The molecule has 0 amide bonds. The summed E-state index contributed by atoms with van der Waals surface area (Å²) in [6.45, 7) is 2.61. The van der Waals surface area contributed by atoms with E-state index in [0.29, 0.717) is 5.56 Å². The molecule has 0 fully saturated rings. The minimum Gasteiger partial charge on any atom is -0.388 e. The molecule has 0 saturated carbocycles. The van der Waals surface area contributed by atoms with Crippen LogP contribution >= 0.6 is 0 Å². The number of hydrogen-bond acceptors (Lipinski definition) is 2. The van der Waals surface area contributed by atoms with Crippen molar-refractivity contribution in [2.24, 2.45) is 0 Å². The van der Waals surface area contributed by atoms with Crippen LogP contribution in [0.25, 0.3) is 0 Å². The Morgan fingerprint density at radius 2 is 1.90 bits per heavy atom. The summed E-state index contributed by atoms with van der Waals surface area (Å²) in [5.74, 6) is -0.262. The van der Waals surface area contributed by atoms with Crippen molar-refractivity contribution in [3.8, 4) is 0 Å². The fourth-order valence-corrected chi connectivity index (χ4v) is 3.19. The maximum absolute atomic E-state index is 13.9. The summed E-state index contributed by atoms with van der Waals surface area (Å²) < 4.78 is 13.9. The first-order chi connectivity index (χ1) is 10.1. The van der Waals surface area contributed by atoms with Gasteiger partial charge in [-0.05, 0) is 42.6 Å². The summed E-state index contributed by atoms with van der Waals surface area (Å²) in [4.78, 5) is 0. The molecule has 2 unspecified atom stereocenters. The van der Waals surface area contributed by atoms with Crippen LogP contribution in [0.3, 0.4) is 0 Å². The number of fused-ring (bicyclic) bond motifs is 1. The van der Waals surface area contributed by atoms with Gasteiger partial charge in [0, 0.05) is 6.42 Å². The van der Waals surface area contributed by atoms with Crippen LogP contribution in [0, 0.1) is 5.82 Å². The van der Waals surface area contributed by atoms with Gasteiger partial charge in [-0.1, -0.05) is 42.5 Å². The van der Waals surface area contributed by atoms with Crippen LogP contribution in [0.2, 0.25) is 0 Å². The largest absolute Gasteiger partial charge is 0.388 e. The minimum absolute atomic E-state index is 0.179. The van der Waals surface area contributed by atoms with Crippen LogP contribution in [0.5, 0.6) is 0 Å². The lowest BCUT2D eigenvalue weighted by Crippen LogP contribution is -2.46. The molecule has 1 aliphatic rings. The van der Waals surface area contributed by atoms with Gasteiger partial charge in [-0.15, -0.1) is 0 Å². The maximum Gasteiger partial charge on any atom is 0.126 e. The quantitative estimate of drug-likeness (QED) is 0.908. The van der Waals surface area contributed by atoms with E-state index in [4.69, 9.17) is 0 Å². The Kier molecular flexibility index (Phi) is 3.79. The standard InChI is InChI=1S/C18H20FNO/c1-18(21,12-14-7-3-5-9-16(14)19)17-15-8-4-2-6-13(15)10-11-20-17/h2-9,17,20-21H,10-12H2,1H3. The Morgan fingerprint density at radius 3 is 2.71 bits per heavy atom. The van der Waals surface area contributed by atoms with Crippen LogP contribution in [-0.2, 0) is 12.8 Å². The minimum atomic E-state index is -1.04. The van der Waals surface area contributed by atoms with Crippen LogP contribution < -0.4 is 5.32 Å². The third-order valence-corrected chi connectivity index (χ3v) is 4.24. The lowest BCUT2D eigenvalue weighted by Gasteiger charge is -2.38. The van der Waals surface area contributed by atoms with Gasteiger partial charge in [-0.3, -0.25) is 0 Å². The van der Waals surface area contributed by atoms with Gasteiger partial charge < -0.3 is 10.4 Å². The average molecular weight is 285 g/mol. The zero-order valence-electron chi connectivity index (χ0n) is 12.1. The van der Waals surface area contributed by atoms with E-state index in [2.05, 4.69) is 11.4 Å². The summed E-state index contributed by atoms with van der Waals surface area (Å²) in [6.07, 6.45) is 1.24. The molecule has 1 heterocycles. The number of aliphatic hydroxyl groups is 1. The Hall–Kier alpha value is -1.71. The molecule has 21 heavy (non-hydrogen) atoms. The molecule has 2 aromatic carbocycles. The molecule has 0 spiro atoms. The zero-order chi connectivity index (χ0) is 14.9. The molecule has 1 aliphatic heterocycles. The second-order valence-electron chi connectivity index (χ2n) is 5.96. The molecule has 110 valence electrons. The predicted octanol–water partition coefficient (Wildman–Crippen LogP) is 3.01. The summed E-state index contributed by atoms with van der Waals surface area (Å²) in [5, 5.41) is 14.3. The van der Waals surface area contributed by atoms with E-state index in [1.54, 1.807) is 25.1 Å². The van der Waals surface area contributed by atoms with E-state index in [9.17, 15) is 9.50 Å². The third-order valence-electron chi connectivity index (χ3n) is 4.24. The molecule has 2 atom stereocenters. The second-order valence-corrected chi connectivity index (χ2v) is 5.96. The average Bonchev–Trinajstić information content (AvgIpc) is 2.49. The van der Waals surface area contributed by atoms with Crippen molar-refractivity contribution >= 4 is 0 Å². The fourth-order valence-electron chi connectivity index (χ4n) is 3.19. The van der Waals surface area contributed by atoms with Crippen molar-refractivity contribution in [1.82, 2.24) is 5.32 Å². The maximum atomic E-state index is 13.9. The van der Waals surface area contributed by atoms with Gasteiger partial charge in [0.1, 0.15) is 5.82 Å². The Labute approximate surface area is 124 Å². The molecule has 2 aromatic rings. The van der Waals surface area contributed by atoms with E-state index < -0.39 is 5.60 Å². The van der Waals surface area contributed by atoms with Gasteiger partial charge in [0.2, 0.25) is 0 Å². The van der Waals surface area contributed by atoms with E-state index >= 15 is 0 Å². The van der Waals surface area contributed by atoms with Gasteiger partial charge in [-0.2, -0.15) is 0 Å². The molecule has 3 rings (SSSR count). The molecule has 2 nitrogen and oxygen atoms in total. The van der Waals surface area contributed by atoms with Crippen molar-refractivity contribution in [2.75, 3.05) is 6.54 Å². The summed E-state index contributed by atoms with van der Waals surface area (Å²) in [6, 6.07) is 14.6. The first-order valence-electron chi connectivity index (χ1n) is 7.35. The molecule has 0 saturated heterocycles. The molecule has 2 N–H and O–H groups in total. The highest BCUT2D eigenvalue weighted by Crippen LogP contribution is 2.34. The van der Waals surface area contributed by atoms with Gasteiger partial charge in [-0.25, -0.2) is 4.39 Å². The normalized spacial score (nSPS) is 20.6. The fraction of sp³-hybridized carbons (Fsp3) is 0.333. The van der Waals surface area contributed by atoms with Crippen molar-refractivity contribution in [1.29, 1.82) is 0 Å². The Balaban J connectivity index is 1.91. The highest BCUT2D eigenvalue weighted by atomic mass is 19.1. The summed E-state index contributed by atoms with van der Waals surface area (Å²) in [7, 11) is 0. The zero-order valence-corrected chi connectivity index (χ0v) is 12.1. The topological polar surface area (TPSA) is 32.3 Å².